The first-order valence-electron chi connectivity index (χ1n) is 7.21. The van der Waals surface area contributed by atoms with E-state index in [4.69, 9.17) is 4.74 Å². The number of hydrogen-bond acceptors (Lipinski definition) is 5. The molecule has 1 heterocycles. The molecule has 130 valence electrons. The molecule has 0 aromatic heterocycles. The van der Waals surface area contributed by atoms with Gasteiger partial charge in [-0.15, -0.1) is 0 Å². The van der Waals surface area contributed by atoms with Crippen molar-refractivity contribution in [1.82, 2.24) is 5.32 Å². The number of esters is 1. The van der Waals surface area contributed by atoms with E-state index in [1.54, 1.807) is 0 Å². The summed E-state index contributed by atoms with van der Waals surface area (Å²) in [6.45, 7) is 1.41. The minimum atomic E-state index is -2.51. The lowest BCUT2D eigenvalue weighted by atomic mass is 10.2. The van der Waals surface area contributed by atoms with Gasteiger partial charge in [0.2, 0.25) is 5.91 Å². The van der Waals surface area contributed by atoms with Crippen LogP contribution in [0.1, 0.15) is 19.8 Å². The molecule has 1 aromatic carbocycles. The molecule has 0 spiro atoms. The van der Waals surface area contributed by atoms with E-state index in [0.29, 0.717) is 28.8 Å². The van der Waals surface area contributed by atoms with Crippen LogP contribution in [-0.2, 0) is 19.1 Å². The molecular formula is C15H16F2N2O4S. The zero-order valence-corrected chi connectivity index (χ0v) is 13.6. The summed E-state index contributed by atoms with van der Waals surface area (Å²) in [5.74, 6) is -3.95. The average molecular weight is 358 g/mol. The number of carbonyl (C=O) groups is 3. The molecule has 0 bridgehead atoms. The number of hydrogen-bond donors (Lipinski definition) is 2. The Kier molecular flexibility index (Phi) is 6.13. The van der Waals surface area contributed by atoms with E-state index in [1.165, 1.54) is 31.2 Å². The summed E-state index contributed by atoms with van der Waals surface area (Å²) in [5.41, 5.74) is 0.399. The Bertz CT molecular complexity index is 624. The summed E-state index contributed by atoms with van der Waals surface area (Å²) in [6.07, 6.45) is -0.455. The van der Waals surface area contributed by atoms with Crippen LogP contribution in [-0.4, -0.2) is 35.7 Å². The second-order valence-corrected chi connectivity index (χ2v) is 6.19. The molecule has 1 aliphatic heterocycles. The number of alkyl halides is 2. The van der Waals surface area contributed by atoms with Crippen LogP contribution >= 0.6 is 11.8 Å². The number of anilines is 1. The summed E-state index contributed by atoms with van der Waals surface area (Å²) in [6, 6.07) is 5.15. The van der Waals surface area contributed by atoms with E-state index >= 15 is 0 Å². The van der Waals surface area contributed by atoms with Crippen LogP contribution < -0.4 is 10.6 Å². The van der Waals surface area contributed by atoms with Gasteiger partial charge < -0.3 is 15.4 Å². The highest BCUT2D eigenvalue weighted by atomic mass is 32.2. The van der Waals surface area contributed by atoms with Crippen molar-refractivity contribution >= 4 is 35.2 Å². The minimum Gasteiger partial charge on any atom is -0.451 e. The summed E-state index contributed by atoms with van der Waals surface area (Å²) >= 11 is 0.405. The molecule has 1 aromatic rings. The lowest BCUT2D eigenvalue weighted by Crippen LogP contribution is -2.39. The second-order valence-electron chi connectivity index (χ2n) is 5.13. The SMILES string of the molecule is C[C@H](OC(=O)[C@@H]1CCC(=O)N1)C(=O)Nc1ccc(SC(F)F)cc1. The number of thioether (sulfide) groups is 1. The van der Waals surface area contributed by atoms with Crippen LogP contribution in [0.4, 0.5) is 14.5 Å². The smallest absolute Gasteiger partial charge is 0.329 e. The summed E-state index contributed by atoms with van der Waals surface area (Å²) < 4.78 is 29.5. The zero-order chi connectivity index (χ0) is 17.7. The lowest BCUT2D eigenvalue weighted by Gasteiger charge is -2.16. The van der Waals surface area contributed by atoms with Gasteiger partial charge in [0.15, 0.2) is 6.10 Å². The molecule has 2 rings (SSSR count). The van der Waals surface area contributed by atoms with Crippen LogP contribution in [0.25, 0.3) is 0 Å². The van der Waals surface area contributed by atoms with Crippen molar-refractivity contribution in [3.05, 3.63) is 24.3 Å². The van der Waals surface area contributed by atoms with Gasteiger partial charge in [0.25, 0.3) is 11.7 Å². The van der Waals surface area contributed by atoms with E-state index in [1.807, 2.05) is 0 Å². The van der Waals surface area contributed by atoms with Gasteiger partial charge in [-0.3, -0.25) is 9.59 Å². The number of halogens is 2. The van der Waals surface area contributed by atoms with Crippen LogP contribution in [0.5, 0.6) is 0 Å². The fourth-order valence-electron chi connectivity index (χ4n) is 2.06. The molecule has 2 N–H and O–H groups in total. The monoisotopic (exact) mass is 358 g/mol. The summed E-state index contributed by atoms with van der Waals surface area (Å²) in [4.78, 5) is 35.2. The fourth-order valence-corrected chi connectivity index (χ4v) is 2.56. The van der Waals surface area contributed by atoms with Crippen molar-refractivity contribution in [2.75, 3.05) is 5.32 Å². The highest BCUT2D eigenvalue weighted by molar-refractivity contribution is 7.99. The van der Waals surface area contributed by atoms with Crippen LogP contribution in [0.2, 0.25) is 0 Å². The topological polar surface area (TPSA) is 84.5 Å². The molecule has 2 amide bonds. The van der Waals surface area contributed by atoms with Crippen molar-refractivity contribution in [3.63, 3.8) is 0 Å². The van der Waals surface area contributed by atoms with E-state index in [0.717, 1.165) is 0 Å². The van der Waals surface area contributed by atoms with Gasteiger partial charge in [0.1, 0.15) is 6.04 Å². The first kappa shape index (κ1) is 18.2. The number of carbonyl (C=O) groups excluding carboxylic acids is 3. The Morgan fingerprint density at radius 1 is 1.33 bits per heavy atom. The van der Waals surface area contributed by atoms with E-state index in [2.05, 4.69) is 10.6 Å². The highest BCUT2D eigenvalue weighted by Gasteiger charge is 2.30. The number of amides is 2. The van der Waals surface area contributed by atoms with Gasteiger partial charge in [-0.1, -0.05) is 11.8 Å². The maximum atomic E-state index is 12.2. The Hall–Kier alpha value is -2.16. The molecule has 1 aliphatic rings. The third-order valence-electron chi connectivity index (χ3n) is 3.29. The summed E-state index contributed by atoms with van der Waals surface area (Å²) in [5, 5.41) is 4.99. The second kappa shape index (κ2) is 8.09. The number of ether oxygens (including phenoxy) is 1. The molecule has 6 nitrogen and oxygen atoms in total. The molecule has 2 atom stereocenters. The van der Waals surface area contributed by atoms with E-state index in [-0.39, 0.29) is 12.3 Å². The minimum absolute atomic E-state index is 0.226. The molecule has 0 aliphatic carbocycles. The maximum Gasteiger partial charge on any atom is 0.329 e. The first-order chi connectivity index (χ1) is 11.3. The average Bonchev–Trinajstić information content (AvgIpc) is 2.95. The Morgan fingerprint density at radius 3 is 2.54 bits per heavy atom. The lowest BCUT2D eigenvalue weighted by molar-refractivity contribution is -0.155. The molecule has 1 saturated heterocycles. The molecule has 0 radical (unpaired) electrons. The molecular weight excluding hydrogens is 342 g/mol. The van der Waals surface area contributed by atoms with Crippen molar-refractivity contribution in [1.29, 1.82) is 0 Å². The Labute approximate surface area is 141 Å². The van der Waals surface area contributed by atoms with E-state index < -0.39 is 29.8 Å². The van der Waals surface area contributed by atoms with Crippen LogP contribution in [0.3, 0.4) is 0 Å². The summed E-state index contributed by atoms with van der Waals surface area (Å²) in [7, 11) is 0. The van der Waals surface area contributed by atoms with Crippen molar-refractivity contribution in [2.45, 2.75) is 42.6 Å². The number of rotatable bonds is 6. The van der Waals surface area contributed by atoms with Gasteiger partial charge in [-0.05, 0) is 37.6 Å². The molecule has 9 heteroatoms. The number of nitrogens with one attached hydrogen (secondary N) is 2. The van der Waals surface area contributed by atoms with Crippen molar-refractivity contribution in [2.24, 2.45) is 0 Å². The Balaban J connectivity index is 1.84. The van der Waals surface area contributed by atoms with Gasteiger partial charge in [-0.25, -0.2) is 4.79 Å². The first-order valence-corrected chi connectivity index (χ1v) is 8.08. The highest BCUT2D eigenvalue weighted by Crippen LogP contribution is 2.26. The molecule has 1 fully saturated rings. The zero-order valence-electron chi connectivity index (χ0n) is 12.8. The molecule has 0 saturated carbocycles. The van der Waals surface area contributed by atoms with Crippen molar-refractivity contribution < 1.29 is 27.9 Å². The largest absolute Gasteiger partial charge is 0.451 e. The Morgan fingerprint density at radius 2 is 2.00 bits per heavy atom. The van der Waals surface area contributed by atoms with Gasteiger partial charge in [-0.2, -0.15) is 8.78 Å². The standard InChI is InChI=1S/C15H16F2N2O4S/c1-8(23-14(22)11-6-7-12(20)19-11)13(21)18-9-2-4-10(5-3-9)24-15(16)17/h2-5,8,11,15H,6-7H2,1H3,(H,18,21)(H,19,20)/t8-,11-/m0/s1. The predicted molar refractivity (Wildman–Crippen MR) is 83.7 cm³/mol. The molecule has 0 unspecified atom stereocenters. The van der Waals surface area contributed by atoms with Crippen molar-refractivity contribution in [3.8, 4) is 0 Å². The molecule has 24 heavy (non-hydrogen) atoms. The van der Waals surface area contributed by atoms with Crippen LogP contribution in [0, 0.1) is 0 Å². The third-order valence-corrected chi connectivity index (χ3v) is 4.01. The third kappa shape index (κ3) is 5.19. The van der Waals surface area contributed by atoms with Crippen LogP contribution in [0.15, 0.2) is 29.2 Å². The predicted octanol–water partition coefficient (Wildman–Crippen LogP) is 2.15. The van der Waals surface area contributed by atoms with Gasteiger partial charge in [0.05, 0.1) is 0 Å². The fraction of sp³-hybridized carbons (Fsp3) is 0.400. The van der Waals surface area contributed by atoms with Gasteiger partial charge >= 0.3 is 5.97 Å². The maximum absolute atomic E-state index is 12.2. The van der Waals surface area contributed by atoms with E-state index in [9.17, 15) is 23.2 Å². The normalized spacial score (nSPS) is 18.2. The number of benzene rings is 1. The van der Waals surface area contributed by atoms with Gasteiger partial charge in [0, 0.05) is 17.0 Å². The quantitative estimate of drug-likeness (QED) is 0.601.